The SMILES string of the molecule is C1=CO/C(=C\N(/C=C2\C=CC=CO2)CCN(/C=C2/C=CC=CO2)/C=C2\C=CC=CO2)C=C1. The van der Waals surface area contributed by atoms with Gasteiger partial charge in [0.05, 0.1) is 25.0 Å². The Morgan fingerprint density at radius 2 is 0.719 bits per heavy atom. The van der Waals surface area contributed by atoms with Crippen LogP contribution in [0.25, 0.3) is 0 Å². The molecule has 0 aliphatic carbocycles. The molecule has 0 amide bonds. The summed E-state index contributed by atoms with van der Waals surface area (Å²) in [6.07, 6.45) is 37.1. The van der Waals surface area contributed by atoms with E-state index in [0.717, 1.165) is 23.0 Å². The van der Waals surface area contributed by atoms with Gasteiger partial charge in [0, 0.05) is 37.9 Å². The molecule has 0 aromatic rings. The highest BCUT2D eigenvalue weighted by atomic mass is 16.5. The van der Waals surface area contributed by atoms with Crippen LogP contribution in [0.5, 0.6) is 0 Å². The Morgan fingerprint density at radius 3 is 0.938 bits per heavy atom. The van der Waals surface area contributed by atoms with Crippen LogP contribution in [0.15, 0.2) is 146 Å². The Hall–Kier alpha value is -4.32. The lowest BCUT2D eigenvalue weighted by Gasteiger charge is -2.24. The lowest BCUT2D eigenvalue weighted by Crippen LogP contribution is -2.25. The molecule has 6 heteroatoms. The molecule has 0 fully saturated rings. The van der Waals surface area contributed by atoms with Crippen molar-refractivity contribution >= 4 is 0 Å². The third kappa shape index (κ3) is 6.60. The zero-order valence-electron chi connectivity index (χ0n) is 17.5. The summed E-state index contributed by atoms with van der Waals surface area (Å²) in [6, 6.07) is 0. The molecular formula is C26H24N2O4. The van der Waals surface area contributed by atoms with Crippen molar-refractivity contribution in [2.45, 2.75) is 0 Å². The van der Waals surface area contributed by atoms with Crippen LogP contribution in [0.1, 0.15) is 0 Å². The van der Waals surface area contributed by atoms with E-state index in [4.69, 9.17) is 18.9 Å². The van der Waals surface area contributed by atoms with Gasteiger partial charge in [-0.05, 0) is 48.6 Å². The molecule has 0 unspecified atom stereocenters. The molecule has 0 bridgehead atoms. The fraction of sp³-hybridized carbons (Fsp3) is 0.0769. The van der Waals surface area contributed by atoms with Crippen molar-refractivity contribution in [1.82, 2.24) is 9.80 Å². The van der Waals surface area contributed by atoms with Crippen molar-refractivity contribution in [2.24, 2.45) is 0 Å². The number of allylic oxidation sites excluding steroid dienone is 12. The summed E-state index contributed by atoms with van der Waals surface area (Å²) in [4.78, 5) is 4.05. The predicted octanol–water partition coefficient (Wildman–Crippen LogP) is 5.36. The lowest BCUT2D eigenvalue weighted by atomic mass is 10.3. The second kappa shape index (κ2) is 11.2. The van der Waals surface area contributed by atoms with Gasteiger partial charge in [-0.2, -0.15) is 0 Å². The maximum Gasteiger partial charge on any atom is 0.142 e. The molecule has 4 aliphatic rings. The normalized spacial score (nSPS) is 22.9. The summed E-state index contributed by atoms with van der Waals surface area (Å²) in [7, 11) is 0. The number of nitrogens with zero attached hydrogens (tertiary/aromatic N) is 2. The van der Waals surface area contributed by atoms with Gasteiger partial charge in [-0.25, -0.2) is 0 Å². The fourth-order valence-electron chi connectivity index (χ4n) is 2.92. The largest absolute Gasteiger partial charge is 0.463 e. The highest BCUT2D eigenvalue weighted by Crippen LogP contribution is 2.15. The fourth-order valence-corrected chi connectivity index (χ4v) is 2.92. The number of rotatable bonds is 7. The van der Waals surface area contributed by atoms with Crippen molar-refractivity contribution in [3.05, 3.63) is 146 Å². The van der Waals surface area contributed by atoms with Gasteiger partial charge in [0.25, 0.3) is 0 Å². The molecule has 6 nitrogen and oxygen atoms in total. The van der Waals surface area contributed by atoms with E-state index in [2.05, 4.69) is 0 Å². The van der Waals surface area contributed by atoms with Crippen molar-refractivity contribution in [2.75, 3.05) is 13.1 Å². The van der Waals surface area contributed by atoms with Crippen molar-refractivity contribution in [1.29, 1.82) is 0 Å². The van der Waals surface area contributed by atoms with E-state index < -0.39 is 0 Å². The smallest absolute Gasteiger partial charge is 0.142 e. The van der Waals surface area contributed by atoms with Gasteiger partial charge in [0.1, 0.15) is 23.0 Å². The van der Waals surface area contributed by atoms with Crippen LogP contribution in [0.3, 0.4) is 0 Å². The van der Waals surface area contributed by atoms with Crippen LogP contribution in [0.2, 0.25) is 0 Å². The summed E-state index contributed by atoms with van der Waals surface area (Å²) < 4.78 is 22.3. The molecule has 0 aromatic carbocycles. The molecule has 0 spiro atoms. The first-order valence-electron chi connectivity index (χ1n) is 10.2. The Bertz CT molecular complexity index is 882. The standard InChI is InChI=1S/C26H24N2O4/c1-5-15-29-23(9-1)19-27(20-24-10-2-6-16-30-24)13-14-28(21-25-11-3-7-17-31-25)22-26-12-4-8-18-32-26/h1-12,15-22H,13-14H2/b23-19-,24-20+,25-21-,26-22+. The molecule has 162 valence electrons. The minimum absolute atomic E-state index is 0.640. The van der Waals surface area contributed by atoms with E-state index in [1.54, 1.807) is 25.0 Å². The zero-order valence-corrected chi connectivity index (χ0v) is 17.5. The molecule has 0 radical (unpaired) electrons. The molecule has 32 heavy (non-hydrogen) atoms. The third-order valence-electron chi connectivity index (χ3n) is 4.41. The van der Waals surface area contributed by atoms with E-state index in [1.165, 1.54) is 0 Å². The van der Waals surface area contributed by atoms with Crippen molar-refractivity contribution in [3.63, 3.8) is 0 Å². The second-order valence-corrected chi connectivity index (χ2v) is 6.82. The molecule has 4 aliphatic heterocycles. The van der Waals surface area contributed by atoms with E-state index in [0.29, 0.717) is 13.1 Å². The second-order valence-electron chi connectivity index (χ2n) is 6.82. The molecule has 0 saturated carbocycles. The first kappa shape index (κ1) is 20.9. The van der Waals surface area contributed by atoms with Crippen molar-refractivity contribution < 1.29 is 18.9 Å². The Labute approximate surface area is 188 Å². The van der Waals surface area contributed by atoms with Gasteiger partial charge in [0.15, 0.2) is 0 Å². The summed E-state index contributed by atoms with van der Waals surface area (Å²) in [5.41, 5.74) is 0. The molecular weight excluding hydrogens is 404 g/mol. The van der Waals surface area contributed by atoms with Gasteiger partial charge >= 0.3 is 0 Å². The van der Waals surface area contributed by atoms with Crippen LogP contribution in [0, 0.1) is 0 Å². The summed E-state index contributed by atoms with van der Waals surface area (Å²) >= 11 is 0. The monoisotopic (exact) mass is 428 g/mol. The molecule has 0 saturated heterocycles. The van der Waals surface area contributed by atoms with Gasteiger partial charge in [0.2, 0.25) is 0 Å². The van der Waals surface area contributed by atoms with Gasteiger partial charge < -0.3 is 28.7 Å². The third-order valence-corrected chi connectivity index (χ3v) is 4.41. The minimum Gasteiger partial charge on any atom is -0.463 e. The lowest BCUT2D eigenvalue weighted by molar-refractivity contribution is 0.309. The van der Waals surface area contributed by atoms with E-state index in [1.807, 2.05) is 108 Å². The average molecular weight is 428 g/mol. The number of ether oxygens (including phenoxy) is 4. The van der Waals surface area contributed by atoms with Crippen molar-refractivity contribution in [3.8, 4) is 0 Å². The molecule has 0 aromatic heterocycles. The predicted molar refractivity (Wildman–Crippen MR) is 123 cm³/mol. The Morgan fingerprint density at radius 1 is 0.438 bits per heavy atom. The van der Waals surface area contributed by atoms with Gasteiger partial charge in [-0.1, -0.05) is 24.3 Å². The minimum atomic E-state index is 0.640. The summed E-state index contributed by atoms with van der Waals surface area (Å²) in [5.74, 6) is 2.93. The number of hydrogen-bond donors (Lipinski definition) is 0. The van der Waals surface area contributed by atoms with Crippen LogP contribution >= 0.6 is 0 Å². The van der Waals surface area contributed by atoms with Crippen LogP contribution in [-0.2, 0) is 18.9 Å². The average Bonchev–Trinajstić information content (AvgIpc) is 2.85. The highest BCUT2D eigenvalue weighted by Gasteiger charge is 2.09. The first-order valence-corrected chi connectivity index (χ1v) is 10.2. The Kier molecular flexibility index (Phi) is 7.31. The molecule has 0 N–H and O–H groups in total. The topological polar surface area (TPSA) is 43.4 Å². The van der Waals surface area contributed by atoms with E-state index >= 15 is 0 Å². The molecule has 4 heterocycles. The van der Waals surface area contributed by atoms with E-state index in [-0.39, 0.29) is 0 Å². The zero-order chi connectivity index (χ0) is 21.8. The van der Waals surface area contributed by atoms with Crippen LogP contribution in [-0.4, -0.2) is 22.9 Å². The Balaban J connectivity index is 1.52. The van der Waals surface area contributed by atoms with Crippen LogP contribution < -0.4 is 0 Å². The molecule has 4 rings (SSSR count). The summed E-state index contributed by atoms with van der Waals surface area (Å²) in [6.45, 7) is 1.28. The maximum atomic E-state index is 5.59. The highest BCUT2D eigenvalue weighted by molar-refractivity contribution is 5.26. The van der Waals surface area contributed by atoms with E-state index in [9.17, 15) is 0 Å². The maximum absolute atomic E-state index is 5.59. The van der Waals surface area contributed by atoms with Gasteiger partial charge in [-0.15, -0.1) is 0 Å². The van der Waals surface area contributed by atoms with Gasteiger partial charge in [-0.3, -0.25) is 0 Å². The first-order chi connectivity index (χ1) is 15.8. The molecule has 0 atom stereocenters. The summed E-state index contributed by atoms with van der Waals surface area (Å²) in [5, 5.41) is 0. The quantitative estimate of drug-likeness (QED) is 0.544. The van der Waals surface area contributed by atoms with Crippen LogP contribution in [0.4, 0.5) is 0 Å². The number of hydrogen-bond acceptors (Lipinski definition) is 6.